The first-order chi connectivity index (χ1) is 12.7. The summed E-state index contributed by atoms with van der Waals surface area (Å²) in [5, 5.41) is 3.31. The lowest BCUT2D eigenvalue weighted by Gasteiger charge is -2.22. The fourth-order valence-corrected chi connectivity index (χ4v) is 2.79. The normalized spacial score (nSPS) is 16.7. The molecule has 27 heavy (non-hydrogen) atoms. The van der Waals surface area contributed by atoms with E-state index in [1.807, 2.05) is 25.2 Å². The first-order valence-electron chi connectivity index (χ1n) is 9.58. The van der Waals surface area contributed by atoms with Crippen LogP contribution in [0.4, 0.5) is 0 Å². The van der Waals surface area contributed by atoms with E-state index < -0.39 is 0 Å². The summed E-state index contributed by atoms with van der Waals surface area (Å²) in [7, 11) is 2.02. The minimum atomic E-state index is 0. The van der Waals surface area contributed by atoms with Crippen molar-refractivity contribution in [3.63, 3.8) is 0 Å². The van der Waals surface area contributed by atoms with Gasteiger partial charge in [0.25, 0.3) is 0 Å². The number of aryl methyl sites for hydroxylation is 1. The molecule has 1 atom stereocenters. The van der Waals surface area contributed by atoms with Crippen LogP contribution in [-0.4, -0.2) is 70.1 Å². The minimum absolute atomic E-state index is 0. The minimum Gasteiger partial charge on any atom is -0.491 e. The molecule has 0 radical (unpaired) electrons. The van der Waals surface area contributed by atoms with Crippen molar-refractivity contribution in [3.8, 4) is 5.75 Å². The number of hydrogen-bond donors (Lipinski definition) is 1. The van der Waals surface area contributed by atoms with Crippen molar-refractivity contribution in [3.05, 3.63) is 29.8 Å². The predicted octanol–water partition coefficient (Wildman–Crippen LogP) is 3.08. The van der Waals surface area contributed by atoms with Crippen molar-refractivity contribution in [2.75, 3.05) is 53.1 Å². The van der Waals surface area contributed by atoms with Gasteiger partial charge in [-0.05, 0) is 38.3 Å². The van der Waals surface area contributed by atoms with Crippen LogP contribution < -0.4 is 10.1 Å². The Bertz CT molecular complexity index is 551. The first-order valence-corrected chi connectivity index (χ1v) is 9.58. The third kappa shape index (κ3) is 9.12. The zero-order chi connectivity index (χ0) is 18.6. The summed E-state index contributed by atoms with van der Waals surface area (Å²) in [5.74, 6) is 1.81. The molecule has 0 aliphatic carbocycles. The predicted molar refractivity (Wildman–Crippen MR) is 120 cm³/mol. The molecule has 1 aromatic carbocycles. The van der Waals surface area contributed by atoms with Crippen LogP contribution in [0.1, 0.15) is 25.3 Å². The smallest absolute Gasteiger partial charge is 0.193 e. The summed E-state index contributed by atoms with van der Waals surface area (Å²) in [4.78, 5) is 6.72. The lowest BCUT2D eigenvalue weighted by Crippen LogP contribution is -2.41. The van der Waals surface area contributed by atoms with Crippen molar-refractivity contribution < 1.29 is 14.2 Å². The van der Waals surface area contributed by atoms with Crippen LogP contribution in [-0.2, 0) is 9.47 Å². The van der Waals surface area contributed by atoms with Crippen LogP contribution in [0.5, 0.6) is 5.75 Å². The zero-order valence-electron chi connectivity index (χ0n) is 16.8. The summed E-state index contributed by atoms with van der Waals surface area (Å²) < 4.78 is 17.1. The standard InChI is InChI=1S/C20H33N3O3.HI/c1-4-21-20(22-11-14-24-16-18-9-7-13-25-18)23(3)12-15-26-19-10-6-5-8-17(19)2;/h5-6,8,10,18H,4,7,9,11-16H2,1-3H3,(H,21,22);1H. The second-order valence-corrected chi connectivity index (χ2v) is 6.48. The summed E-state index contributed by atoms with van der Waals surface area (Å²) >= 11 is 0. The Balaban J connectivity index is 0.00000364. The van der Waals surface area contributed by atoms with Gasteiger partial charge in [-0.1, -0.05) is 18.2 Å². The van der Waals surface area contributed by atoms with Crippen LogP contribution in [0, 0.1) is 6.92 Å². The van der Waals surface area contributed by atoms with Gasteiger partial charge in [0.1, 0.15) is 12.4 Å². The van der Waals surface area contributed by atoms with E-state index in [4.69, 9.17) is 14.2 Å². The molecule has 2 rings (SSSR count). The van der Waals surface area contributed by atoms with E-state index in [-0.39, 0.29) is 30.1 Å². The third-order valence-electron chi connectivity index (χ3n) is 4.30. The van der Waals surface area contributed by atoms with Crippen LogP contribution in [0.25, 0.3) is 0 Å². The molecule has 7 heteroatoms. The van der Waals surface area contributed by atoms with Gasteiger partial charge in [-0.2, -0.15) is 0 Å². The molecular weight excluding hydrogens is 457 g/mol. The molecule has 154 valence electrons. The van der Waals surface area contributed by atoms with E-state index >= 15 is 0 Å². The average molecular weight is 491 g/mol. The summed E-state index contributed by atoms with van der Waals surface area (Å²) in [5.41, 5.74) is 1.15. The number of likely N-dealkylation sites (N-methyl/N-ethyl adjacent to an activating group) is 1. The Morgan fingerprint density at radius 1 is 1.33 bits per heavy atom. The van der Waals surface area contributed by atoms with Gasteiger partial charge in [0.2, 0.25) is 0 Å². The largest absolute Gasteiger partial charge is 0.491 e. The van der Waals surface area contributed by atoms with Gasteiger partial charge in [-0.3, -0.25) is 4.99 Å². The van der Waals surface area contributed by atoms with Gasteiger partial charge in [0.15, 0.2) is 5.96 Å². The number of nitrogens with one attached hydrogen (secondary N) is 1. The molecule has 0 aromatic heterocycles. The van der Waals surface area contributed by atoms with E-state index in [9.17, 15) is 0 Å². The summed E-state index contributed by atoms with van der Waals surface area (Å²) in [6, 6.07) is 8.07. The number of ether oxygens (including phenoxy) is 3. The van der Waals surface area contributed by atoms with Crippen LogP contribution in [0.2, 0.25) is 0 Å². The zero-order valence-corrected chi connectivity index (χ0v) is 19.1. The molecule has 6 nitrogen and oxygen atoms in total. The van der Waals surface area contributed by atoms with Gasteiger partial charge in [0, 0.05) is 20.2 Å². The number of aliphatic imine (C=N–C) groups is 1. The number of halogens is 1. The van der Waals surface area contributed by atoms with E-state index in [1.165, 1.54) is 0 Å². The monoisotopic (exact) mass is 491 g/mol. The van der Waals surface area contributed by atoms with Crippen LogP contribution in [0.15, 0.2) is 29.3 Å². The van der Waals surface area contributed by atoms with Crippen molar-refractivity contribution in [2.24, 2.45) is 4.99 Å². The van der Waals surface area contributed by atoms with Crippen LogP contribution >= 0.6 is 24.0 Å². The molecule has 0 saturated carbocycles. The number of guanidine groups is 1. The average Bonchev–Trinajstić information content (AvgIpc) is 3.15. The van der Waals surface area contributed by atoms with Crippen molar-refractivity contribution in [2.45, 2.75) is 32.8 Å². The quantitative estimate of drug-likeness (QED) is 0.236. The second kappa shape index (κ2) is 14.0. The van der Waals surface area contributed by atoms with Crippen molar-refractivity contribution >= 4 is 29.9 Å². The molecule has 1 N–H and O–H groups in total. The summed E-state index contributed by atoms with van der Waals surface area (Å²) in [6.45, 7) is 9.12. The molecule has 1 unspecified atom stereocenters. The Labute approximate surface area is 180 Å². The molecule has 1 aliphatic rings. The SMILES string of the molecule is CCNC(=NCCOCC1CCCO1)N(C)CCOc1ccccc1C.I. The maximum absolute atomic E-state index is 5.87. The van der Waals surface area contributed by atoms with Gasteiger partial charge >= 0.3 is 0 Å². The van der Waals surface area contributed by atoms with Crippen LogP contribution in [0.3, 0.4) is 0 Å². The third-order valence-corrected chi connectivity index (χ3v) is 4.30. The highest BCUT2D eigenvalue weighted by molar-refractivity contribution is 14.0. The topological polar surface area (TPSA) is 55.3 Å². The lowest BCUT2D eigenvalue weighted by molar-refractivity contribution is 0.0199. The Hall–Kier alpha value is -1.06. The molecule has 1 heterocycles. The maximum Gasteiger partial charge on any atom is 0.193 e. The van der Waals surface area contributed by atoms with Crippen molar-refractivity contribution in [1.29, 1.82) is 0 Å². The molecular formula is C20H34IN3O3. The maximum atomic E-state index is 5.87. The highest BCUT2D eigenvalue weighted by Gasteiger charge is 2.15. The number of rotatable bonds is 10. The van der Waals surface area contributed by atoms with Gasteiger partial charge in [-0.15, -0.1) is 24.0 Å². The number of para-hydroxylation sites is 1. The highest BCUT2D eigenvalue weighted by Crippen LogP contribution is 2.15. The number of nitrogens with zero attached hydrogens (tertiary/aromatic N) is 2. The molecule has 0 spiro atoms. The Kier molecular flexibility index (Phi) is 12.4. The second-order valence-electron chi connectivity index (χ2n) is 6.48. The van der Waals surface area contributed by atoms with Gasteiger partial charge < -0.3 is 24.4 Å². The van der Waals surface area contributed by atoms with E-state index in [0.29, 0.717) is 26.4 Å². The van der Waals surface area contributed by atoms with E-state index in [1.54, 1.807) is 0 Å². The molecule has 0 amide bonds. The molecule has 1 aromatic rings. The first kappa shape index (κ1) is 24.0. The molecule has 0 bridgehead atoms. The van der Waals surface area contributed by atoms with Gasteiger partial charge in [-0.25, -0.2) is 0 Å². The molecule has 1 saturated heterocycles. The lowest BCUT2D eigenvalue weighted by atomic mass is 10.2. The Morgan fingerprint density at radius 3 is 2.85 bits per heavy atom. The van der Waals surface area contributed by atoms with E-state index in [0.717, 1.165) is 49.8 Å². The number of hydrogen-bond acceptors (Lipinski definition) is 4. The Morgan fingerprint density at radius 2 is 2.15 bits per heavy atom. The van der Waals surface area contributed by atoms with E-state index in [2.05, 4.69) is 35.1 Å². The fraction of sp³-hybridized carbons (Fsp3) is 0.650. The fourth-order valence-electron chi connectivity index (χ4n) is 2.79. The molecule has 1 fully saturated rings. The molecule has 1 aliphatic heterocycles. The highest BCUT2D eigenvalue weighted by atomic mass is 127. The summed E-state index contributed by atoms with van der Waals surface area (Å²) in [6.07, 6.45) is 2.52. The van der Waals surface area contributed by atoms with Gasteiger partial charge in [0.05, 0.1) is 32.4 Å². The number of benzene rings is 1. The van der Waals surface area contributed by atoms with Crippen molar-refractivity contribution in [1.82, 2.24) is 10.2 Å².